The maximum atomic E-state index is 13.0. The Morgan fingerprint density at radius 2 is 1.45 bits per heavy atom. The SMILES string of the molecule is O=C1c2ccccc2C(=O)N1CCCn1nc(C2CC2)n(-c2ccccc2)c1=O. The third-order valence-electron chi connectivity index (χ3n) is 5.45. The van der Waals surface area contributed by atoms with Crippen LogP contribution >= 0.6 is 0 Å². The summed E-state index contributed by atoms with van der Waals surface area (Å²) in [6.07, 6.45) is 2.55. The van der Waals surface area contributed by atoms with Gasteiger partial charge in [0.15, 0.2) is 0 Å². The van der Waals surface area contributed by atoms with Gasteiger partial charge in [-0.05, 0) is 43.5 Å². The highest BCUT2D eigenvalue weighted by Crippen LogP contribution is 2.39. The molecule has 0 spiro atoms. The van der Waals surface area contributed by atoms with E-state index in [1.54, 1.807) is 28.8 Å². The molecule has 0 bridgehead atoms. The quantitative estimate of drug-likeness (QED) is 0.608. The van der Waals surface area contributed by atoms with Gasteiger partial charge in [-0.3, -0.25) is 14.5 Å². The number of aryl methyl sites for hydroxylation is 1. The molecule has 2 heterocycles. The van der Waals surface area contributed by atoms with Gasteiger partial charge in [-0.2, -0.15) is 5.10 Å². The van der Waals surface area contributed by atoms with Crippen molar-refractivity contribution in [1.82, 2.24) is 19.2 Å². The first kappa shape index (κ1) is 17.6. The summed E-state index contributed by atoms with van der Waals surface area (Å²) in [5.41, 5.74) is 1.52. The van der Waals surface area contributed by atoms with Gasteiger partial charge in [0.25, 0.3) is 11.8 Å². The molecule has 0 radical (unpaired) electrons. The normalized spacial score (nSPS) is 15.8. The van der Waals surface area contributed by atoms with Crippen molar-refractivity contribution >= 4 is 11.8 Å². The van der Waals surface area contributed by atoms with Crippen molar-refractivity contribution in [3.05, 3.63) is 82.0 Å². The number of hydrogen-bond acceptors (Lipinski definition) is 4. The highest BCUT2D eigenvalue weighted by molar-refractivity contribution is 6.21. The number of para-hydroxylation sites is 1. The van der Waals surface area contributed by atoms with Gasteiger partial charge in [0.2, 0.25) is 0 Å². The minimum Gasteiger partial charge on any atom is -0.274 e. The molecular formula is C22H20N4O3. The van der Waals surface area contributed by atoms with E-state index in [9.17, 15) is 14.4 Å². The van der Waals surface area contributed by atoms with Crippen LogP contribution in [0.4, 0.5) is 0 Å². The predicted molar refractivity (Wildman–Crippen MR) is 106 cm³/mol. The Bertz CT molecular complexity index is 1120. The van der Waals surface area contributed by atoms with Crippen molar-refractivity contribution in [2.45, 2.75) is 31.7 Å². The lowest BCUT2D eigenvalue weighted by Gasteiger charge is -2.13. The number of imide groups is 1. The summed E-state index contributed by atoms with van der Waals surface area (Å²) in [5, 5.41) is 4.57. The first-order valence-electron chi connectivity index (χ1n) is 9.85. The van der Waals surface area contributed by atoms with Crippen molar-refractivity contribution < 1.29 is 9.59 Å². The van der Waals surface area contributed by atoms with E-state index in [2.05, 4.69) is 5.10 Å². The van der Waals surface area contributed by atoms with Crippen LogP contribution in [0.3, 0.4) is 0 Å². The van der Waals surface area contributed by atoms with Crippen LogP contribution in [0, 0.1) is 0 Å². The third-order valence-corrected chi connectivity index (χ3v) is 5.45. The fourth-order valence-corrected chi connectivity index (χ4v) is 3.82. The summed E-state index contributed by atoms with van der Waals surface area (Å²) in [4.78, 5) is 39.2. The van der Waals surface area contributed by atoms with Gasteiger partial charge < -0.3 is 0 Å². The van der Waals surface area contributed by atoms with Gasteiger partial charge >= 0.3 is 5.69 Å². The number of hydrogen-bond donors (Lipinski definition) is 0. The van der Waals surface area contributed by atoms with Crippen molar-refractivity contribution in [2.75, 3.05) is 6.54 Å². The summed E-state index contributed by atoms with van der Waals surface area (Å²) in [7, 11) is 0. The maximum absolute atomic E-state index is 13.0. The van der Waals surface area contributed by atoms with Gasteiger partial charge in [0, 0.05) is 19.0 Å². The molecule has 2 amide bonds. The topological polar surface area (TPSA) is 77.2 Å². The van der Waals surface area contributed by atoms with Crippen molar-refractivity contribution in [3.63, 3.8) is 0 Å². The molecule has 1 aliphatic carbocycles. The molecule has 29 heavy (non-hydrogen) atoms. The zero-order valence-electron chi connectivity index (χ0n) is 15.8. The van der Waals surface area contributed by atoms with Crippen molar-refractivity contribution in [1.29, 1.82) is 0 Å². The molecule has 0 saturated heterocycles. The Kier molecular flexibility index (Phi) is 4.16. The number of amides is 2. The number of nitrogens with zero attached hydrogens (tertiary/aromatic N) is 4. The second-order valence-corrected chi connectivity index (χ2v) is 7.47. The molecule has 1 saturated carbocycles. The average molecular weight is 388 g/mol. The summed E-state index contributed by atoms with van der Waals surface area (Å²) in [6.45, 7) is 0.613. The molecule has 1 aliphatic heterocycles. The van der Waals surface area contributed by atoms with E-state index in [1.807, 2.05) is 30.3 Å². The zero-order chi connectivity index (χ0) is 20.0. The first-order chi connectivity index (χ1) is 14.1. The first-order valence-corrected chi connectivity index (χ1v) is 9.85. The Hall–Kier alpha value is -3.48. The molecule has 2 aromatic carbocycles. The van der Waals surface area contributed by atoms with E-state index in [-0.39, 0.29) is 24.0 Å². The second kappa shape index (κ2) is 6.84. The van der Waals surface area contributed by atoms with Gasteiger partial charge in [0.05, 0.1) is 16.8 Å². The van der Waals surface area contributed by atoms with Crippen LogP contribution in [0.1, 0.15) is 51.7 Å². The molecule has 5 rings (SSSR count). The lowest BCUT2D eigenvalue weighted by atomic mass is 10.1. The monoisotopic (exact) mass is 388 g/mol. The summed E-state index contributed by atoms with van der Waals surface area (Å²) >= 11 is 0. The number of benzene rings is 2. The predicted octanol–water partition coefficient (Wildman–Crippen LogP) is 2.60. The lowest BCUT2D eigenvalue weighted by Crippen LogP contribution is -2.32. The van der Waals surface area contributed by atoms with E-state index in [0.717, 1.165) is 24.4 Å². The smallest absolute Gasteiger partial charge is 0.274 e. The molecule has 3 aromatic rings. The molecule has 0 N–H and O–H groups in total. The Morgan fingerprint density at radius 1 is 0.828 bits per heavy atom. The van der Waals surface area contributed by atoms with Crippen LogP contribution in [-0.2, 0) is 6.54 Å². The highest BCUT2D eigenvalue weighted by Gasteiger charge is 2.35. The van der Waals surface area contributed by atoms with Crippen LogP contribution in [0.5, 0.6) is 0 Å². The summed E-state index contributed by atoms with van der Waals surface area (Å²) in [5.74, 6) is 0.570. The Labute approximate surface area is 167 Å². The maximum Gasteiger partial charge on any atom is 0.350 e. The molecule has 7 heteroatoms. The fraction of sp³-hybridized carbons (Fsp3) is 0.273. The van der Waals surface area contributed by atoms with E-state index in [0.29, 0.717) is 30.0 Å². The van der Waals surface area contributed by atoms with Gasteiger partial charge in [-0.1, -0.05) is 30.3 Å². The van der Waals surface area contributed by atoms with Crippen LogP contribution in [0.2, 0.25) is 0 Å². The highest BCUT2D eigenvalue weighted by atomic mass is 16.2. The van der Waals surface area contributed by atoms with Crippen LogP contribution in [0.25, 0.3) is 5.69 Å². The van der Waals surface area contributed by atoms with Gasteiger partial charge in [-0.25, -0.2) is 14.0 Å². The molecule has 7 nitrogen and oxygen atoms in total. The van der Waals surface area contributed by atoms with Gasteiger partial charge in [-0.15, -0.1) is 0 Å². The Morgan fingerprint density at radius 3 is 2.07 bits per heavy atom. The van der Waals surface area contributed by atoms with Crippen molar-refractivity contribution in [3.8, 4) is 5.69 Å². The Balaban J connectivity index is 1.34. The largest absolute Gasteiger partial charge is 0.350 e. The third kappa shape index (κ3) is 2.99. The number of fused-ring (bicyclic) bond motifs is 1. The van der Waals surface area contributed by atoms with E-state index in [4.69, 9.17) is 0 Å². The van der Waals surface area contributed by atoms with Crippen LogP contribution in [-0.4, -0.2) is 37.6 Å². The summed E-state index contributed by atoms with van der Waals surface area (Å²) < 4.78 is 3.14. The van der Waals surface area contributed by atoms with E-state index >= 15 is 0 Å². The molecular weight excluding hydrogens is 368 g/mol. The summed E-state index contributed by atoms with van der Waals surface area (Å²) in [6, 6.07) is 16.4. The van der Waals surface area contributed by atoms with E-state index in [1.165, 1.54) is 9.58 Å². The number of aromatic nitrogens is 3. The van der Waals surface area contributed by atoms with Crippen LogP contribution < -0.4 is 5.69 Å². The minimum atomic E-state index is -0.272. The number of rotatable bonds is 6. The number of carbonyl (C=O) groups is 2. The van der Waals surface area contributed by atoms with E-state index < -0.39 is 0 Å². The second-order valence-electron chi connectivity index (χ2n) is 7.47. The molecule has 0 unspecified atom stereocenters. The molecule has 1 aromatic heterocycles. The van der Waals surface area contributed by atoms with Crippen molar-refractivity contribution in [2.24, 2.45) is 0 Å². The standard InChI is InChI=1S/C22H20N4O3/c27-20-17-9-4-5-10-18(17)21(28)24(20)13-6-14-25-22(29)26(16-7-2-1-3-8-16)19(23-25)15-11-12-15/h1-5,7-10,15H,6,11-14H2. The molecule has 146 valence electrons. The average Bonchev–Trinajstić information content (AvgIpc) is 3.51. The molecule has 0 atom stereocenters. The lowest BCUT2D eigenvalue weighted by molar-refractivity contribution is 0.0650. The fourth-order valence-electron chi connectivity index (χ4n) is 3.82. The zero-order valence-corrected chi connectivity index (χ0v) is 15.8. The van der Waals surface area contributed by atoms with Crippen LogP contribution in [0.15, 0.2) is 59.4 Å². The molecule has 1 fully saturated rings. The van der Waals surface area contributed by atoms with Gasteiger partial charge in [0.1, 0.15) is 5.82 Å². The molecule has 2 aliphatic rings. The minimum absolute atomic E-state index is 0.180. The number of carbonyl (C=O) groups excluding carboxylic acids is 2.